The first-order valence-corrected chi connectivity index (χ1v) is 7.90. The number of rotatable bonds is 3. The van der Waals surface area contributed by atoms with Crippen molar-refractivity contribution in [3.8, 4) is 0 Å². The maximum Gasteiger partial charge on any atom is 0.227 e. The topological polar surface area (TPSA) is 46.3 Å². The Bertz CT molecular complexity index is 686. The quantitative estimate of drug-likeness (QED) is 0.875. The fraction of sp³-hybridized carbons (Fsp3) is 0.278. The minimum absolute atomic E-state index is 0.132. The van der Waals surface area contributed by atoms with Crippen LogP contribution in [0.5, 0.6) is 0 Å². The Balaban J connectivity index is 1.76. The molecule has 2 aromatic carbocycles. The minimum Gasteiger partial charge on any atom is -0.399 e. The van der Waals surface area contributed by atoms with Crippen LogP contribution in [-0.2, 0) is 11.2 Å². The van der Waals surface area contributed by atoms with Crippen LogP contribution in [0, 0.1) is 0 Å². The Morgan fingerprint density at radius 3 is 2.82 bits per heavy atom. The van der Waals surface area contributed by atoms with Crippen LogP contribution in [0.3, 0.4) is 0 Å². The second-order valence-electron chi connectivity index (χ2n) is 5.72. The van der Waals surface area contributed by atoms with Crippen LogP contribution >= 0.6 is 11.6 Å². The Hall–Kier alpha value is -2.00. The van der Waals surface area contributed by atoms with E-state index in [2.05, 4.69) is 0 Å². The molecule has 0 aromatic heterocycles. The second kappa shape index (κ2) is 6.41. The molecule has 1 heterocycles. The molecule has 1 saturated heterocycles. The van der Waals surface area contributed by atoms with Gasteiger partial charge in [-0.3, -0.25) is 4.79 Å². The molecular formula is C18H19ClN2O. The summed E-state index contributed by atoms with van der Waals surface area (Å²) in [5.74, 6) is 0.146. The van der Waals surface area contributed by atoms with Crippen molar-refractivity contribution in [1.29, 1.82) is 0 Å². The molecule has 1 aliphatic heterocycles. The van der Waals surface area contributed by atoms with Crippen LogP contribution in [0.25, 0.3) is 0 Å². The molecule has 1 fully saturated rings. The van der Waals surface area contributed by atoms with Crippen molar-refractivity contribution in [3.05, 3.63) is 64.7 Å². The van der Waals surface area contributed by atoms with Gasteiger partial charge < -0.3 is 10.6 Å². The van der Waals surface area contributed by atoms with Gasteiger partial charge in [0, 0.05) is 17.3 Å². The Morgan fingerprint density at radius 1 is 1.23 bits per heavy atom. The molecule has 0 saturated carbocycles. The van der Waals surface area contributed by atoms with Crippen LogP contribution in [0.15, 0.2) is 48.5 Å². The van der Waals surface area contributed by atoms with Gasteiger partial charge in [-0.05, 0) is 48.2 Å². The molecule has 1 aliphatic rings. The number of carbonyl (C=O) groups is 1. The van der Waals surface area contributed by atoms with Crippen LogP contribution in [0.4, 0.5) is 5.69 Å². The molecule has 2 aromatic rings. The summed E-state index contributed by atoms with van der Waals surface area (Å²) in [5, 5.41) is 0.715. The van der Waals surface area contributed by atoms with Gasteiger partial charge in [-0.15, -0.1) is 0 Å². The Kier molecular flexibility index (Phi) is 4.34. The number of benzene rings is 2. The molecule has 1 amide bonds. The van der Waals surface area contributed by atoms with Crippen LogP contribution in [-0.4, -0.2) is 17.4 Å². The van der Waals surface area contributed by atoms with E-state index in [0.29, 0.717) is 17.1 Å². The van der Waals surface area contributed by atoms with E-state index in [-0.39, 0.29) is 11.9 Å². The van der Waals surface area contributed by atoms with Gasteiger partial charge >= 0.3 is 0 Å². The molecule has 3 nitrogen and oxygen atoms in total. The smallest absolute Gasteiger partial charge is 0.227 e. The highest BCUT2D eigenvalue weighted by atomic mass is 35.5. The average Bonchev–Trinajstić information content (AvgIpc) is 2.97. The third kappa shape index (κ3) is 3.25. The number of nitrogens with two attached hydrogens (primary N) is 1. The molecule has 114 valence electrons. The Morgan fingerprint density at radius 2 is 2.05 bits per heavy atom. The summed E-state index contributed by atoms with van der Waals surface area (Å²) in [5.41, 5.74) is 8.55. The molecule has 0 bridgehead atoms. The van der Waals surface area contributed by atoms with Gasteiger partial charge in [0.05, 0.1) is 12.5 Å². The zero-order valence-electron chi connectivity index (χ0n) is 12.3. The summed E-state index contributed by atoms with van der Waals surface area (Å²) < 4.78 is 0. The van der Waals surface area contributed by atoms with Crippen molar-refractivity contribution < 1.29 is 4.79 Å². The largest absolute Gasteiger partial charge is 0.399 e. The van der Waals surface area contributed by atoms with Gasteiger partial charge in [0.1, 0.15) is 0 Å². The van der Waals surface area contributed by atoms with E-state index in [9.17, 15) is 4.79 Å². The van der Waals surface area contributed by atoms with Crippen LogP contribution in [0.1, 0.15) is 30.0 Å². The summed E-state index contributed by atoms with van der Waals surface area (Å²) in [4.78, 5) is 14.6. The van der Waals surface area contributed by atoms with Crippen molar-refractivity contribution in [3.63, 3.8) is 0 Å². The van der Waals surface area contributed by atoms with Gasteiger partial charge in [0.15, 0.2) is 0 Å². The monoisotopic (exact) mass is 314 g/mol. The molecule has 1 unspecified atom stereocenters. The number of hydrogen-bond acceptors (Lipinski definition) is 2. The standard InChI is InChI=1S/C18H19ClN2O/c19-15-6-2-5-14(12-15)17-8-3-9-21(17)18(22)11-13-4-1-7-16(20)10-13/h1-2,4-7,10,12,17H,3,8-9,11,20H2. The average molecular weight is 315 g/mol. The number of nitrogen functional groups attached to an aromatic ring is 1. The minimum atomic E-state index is 0.132. The van der Waals surface area contributed by atoms with E-state index in [1.165, 1.54) is 0 Å². The second-order valence-corrected chi connectivity index (χ2v) is 6.16. The van der Waals surface area contributed by atoms with Gasteiger partial charge in [0.2, 0.25) is 5.91 Å². The van der Waals surface area contributed by atoms with Gasteiger partial charge in [-0.2, -0.15) is 0 Å². The Labute approximate surface area is 135 Å². The molecule has 0 spiro atoms. The fourth-order valence-electron chi connectivity index (χ4n) is 3.10. The number of anilines is 1. The molecule has 2 N–H and O–H groups in total. The zero-order valence-corrected chi connectivity index (χ0v) is 13.1. The van der Waals surface area contributed by atoms with Crippen LogP contribution in [0.2, 0.25) is 5.02 Å². The normalized spacial score (nSPS) is 17.7. The van der Waals surface area contributed by atoms with Gasteiger partial charge in [0.25, 0.3) is 0 Å². The van der Waals surface area contributed by atoms with E-state index < -0.39 is 0 Å². The predicted molar refractivity (Wildman–Crippen MR) is 89.7 cm³/mol. The molecule has 4 heteroatoms. The summed E-state index contributed by atoms with van der Waals surface area (Å²) in [6, 6.07) is 15.5. The molecule has 0 aliphatic carbocycles. The summed E-state index contributed by atoms with van der Waals surface area (Å²) in [7, 11) is 0. The lowest BCUT2D eigenvalue weighted by molar-refractivity contribution is -0.131. The van der Waals surface area contributed by atoms with Crippen molar-refractivity contribution in [2.45, 2.75) is 25.3 Å². The predicted octanol–water partition coefficient (Wildman–Crippen LogP) is 3.83. The maximum absolute atomic E-state index is 12.6. The highest BCUT2D eigenvalue weighted by Crippen LogP contribution is 2.33. The lowest BCUT2D eigenvalue weighted by Crippen LogP contribution is -2.31. The van der Waals surface area contributed by atoms with E-state index in [1.54, 1.807) is 0 Å². The first kappa shape index (κ1) is 14.9. The van der Waals surface area contributed by atoms with Crippen molar-refractivity contribution in [2.75, 3.05) is 12.3 Å². The lowest BCUT2D eigenvalue weighted by Gasteiger charge is -2.25. The number of hydrogen-bond donors (Lipinski definition) is 1. The highest BCUT2D eigenvalue weighted by Gasteiger charge is 2.29. The third-order valence-corrected chi connectivity index (χ3v) is 4.35. The molecule has 1 atom stereocenters. The third-order valence-electron chi connectivity index (χ3n) is 4.11. The van der Waals surface area contributed by atoms with Gasteiger partial charge in [-0.25, -0.2) is 0 Å². The van der Waals surface area contributed by atoms with Crippen molar-refractivity contribution >= 4 is 23.2 Å². The fourth-order valence-corrected chi connectivity index (χ4v) is 3.30. The summed E-state index contributed by atoms with van der Waals surface area (Å²) in [6.45, 7) is 0.804. The summed E-state index contributed by atoms with van der Waals surface area (Å²) >= 11 is 6.08. The van der Waals surface area contributed by atoms with E-state index in [0.717, 1.165) is 30.5 Å². The number of likely N-dealkylation sites (tertiary alicyclic amines) is 1. The highest BCUT2D eigenvalue weighted by molar-refractivity contribution is 6.30. The van der Waals surface area contributed by atoms with Crippen LogP contribution < -0.4 is 5.73 Å². The first-order chi connectivity index (χ1) is 10.6. The zero-order chi connectivity index (χ0) is 15.5. The SMILES string of the molecule is Nc1cccc(CC(=O)N2CCCC2c2cccc(Cl)c2)c1. The van der Waals surface area contributed by atoms with Crippen molar-refractivity contribution in [1.82, 2.24) is 4.90 Å². The summed E-state index contributed by atoms with van der Waals surface area (Å²) in [6.07, 6.45) is 2.41. The molecule has 22 heavy (non-hydrogen) atoms. The number of nitrogens with zero attached hydrogens (tertiary/aromatic N) is 1. The van der Waals surface area contributed by atoms with E-state index >= 15 is 0 Å². The van der Waals surface area contributed by atoms with Gasteiger partial charge in [-0.1, -0.05) is 35.9 Å². The van der Waals surface area contributed by atoms with Crippen molar-refractivity contribution in [2.24, 2.45) is 0 Å². The number of amides is 1. The van der Waals surface area contributed by atoms with E-state index in [1.807, 2.05) is 53.4 Å². The molecule has 0 radical (unpaired) electrons. The first-order valence-electron chi connectivity index (χ1n) is 7.53. The number of halogens is 1. The number of carbonyl (C=O) groups excluding carboxylic acids is 1. The molecular weight excluding hydrogens is 296 g/mol. The lowest BCUT2D eigenvalue weighted by atomic mass is 10.0. The van der Waals surface area contributed by atoms with E-state index in [4.69, 9.17) is 17.3 Å². The molecule has 3 rings (SSSR count). The maximum atomic E-state index is 12.6.